The van der Waals surface area contributed by atoms with Gasteiger partial charge in [-0.1, -0.05) is 35.9 Å². The van der Waals surface area contributed by atoms with Gasteiger partial charge in [0.05, 0.1) is 23.4 Å². The maximum absolute atomic E-state index is 13.3. The monoisotopic (exact) mass is 448 g/mol. The predicted octanol–water partition coefficient (Wildman–Crippen LogP) is 5.05. The summed E-state index contributed by atoms with van der Waals surface area (Å²) in [5.41, 5.74) is 0.530. The highest BCUT2D eigenvalue weighted by atomic mass is 35.5. The zero-order valence-electron chi connectivity index (χ0n) is 16.1. The molecule has 2 heterocycles. The largest absolute Gasteiger partial charge is 0.418 e. The number of fused-ring (bicyclic) bond motifs is 1. The number of nitrogens with zero attached hydrogens (tertiary/aromatic N) is 2. The van der Waals surface area contributed by atoms with E-state index in [0.29, 0.717) is 22.1 Å². The van der Waals surface area contributed by atoms with Crippen molar-refractivity contribution in [3.8, 4) is 11.3 Å². The van der Waals surface area contributed by atoms with Crippen LogP contribution in [0.2, 0.25) is 5.02 Å². The number of hydrogen-bond acceptors (Lipinski definition) is 3. The summed E-state index contributed by atoms with van der Waals surface area (Å²) in [6, 6.07) is 10.4. The molecule has 0 aliphatic carbocycles. The lowest BCUT2D eigenvalue weighted by Crippen LogP contribution is -2.36. The first-order chi connectivity index (χ1) is 14.6. The Kier molecular flexibility index (Phi) is 5.22. The number of amides is 2. The first kappa shape index (κ1) is 20.9. The highest BCUT2D eigenvalue weighted by molar-refractivity contribution is 6.30. The lowest BCUT2D eigenvalue weighted by molar-refractivity contribution is -0.137. The van der Waals surface area contributed by atoms with Gasteiger partial charge in [-0.15, -0.1) is 0 Å². The van der Waals surface area contributed by atoms with Gasteiger partial charge < -0.3 is 10.6 Å². The molecule has 6 nitrogen and oxygen atoms in total. The molecule has 0 bridgehead atoms. The molecule has 1 atom stereocenters. The average Bonchev–Trinajstić information content (AvgIpc) is 3.04. The molecule has 2 N–H and O–H groups in total. The van der Waals surface area contributed by atoms with Crippen LogP contribution in [0.25, 0.3) is 11.3 Å². The number of nitrogens with one attached hydrogen (secondary N) is 2. The molecule has 1 aliphatic heterocycles. The molecule has 0 radical (unpaired) electrons. The summed E-state index contributed by atoms with van der Waals surface area (Å²) in [4.78, 5) is 25.2. The molecule has 1 aliphatic rings. The van der Waals surface area contributed by atoms with Crippen molar-refractivity contribution in [3.63, 3.8) is 0 Å². The van der Waals surface area contributed by atoms with Crippen LogP contribution in [-0.2, 0) is 15.8 Å². The van der Waals surface area contributed by atoms with E-state index in [9.17, 15) is 22.8 Å². The van der Waals surface area contributed by atoms with Crippen LogP contribution in [0.1, 0.15) is 23.6 Å². The number of rotatable bonds is 3. The molecule has 0 fully saturated rings. The van der Waals surface area contributed by atoms with Gasteiger partial charge in [0.25, 0.3) is 0 Å². The Hall–Kier alpha value is -3.33. The Morgan fingerprint density at radius 2 is 1.87 bits per heavy atom. The fraction of sp³-hybridized carbons (Fsp3) is 0.190. The number of aromatic nitrogens is 2. The lowest BCUT2D eigenvalue weighted by Gasteiger charge is -2.24. The molecule has 3 aromatic rings. The Morgan fingerprint density at radius 1 is 1.19 bits per heavy atom. The molecule has 160 valence electrons. The van der Waals surface area contributed by atoms with Crippen LogP contribution in [0.4, 0.5) is 24.7 Å². The summed E-state index contributed by atoms with van der Waals surface area (Å²) in [5.74, 6) is -0.870. The van der Waals surface area contributed by atoms with Crippen LogP contribution in [0.5, 0.6) is 0 Å². The van der Waals surface area contributed by atoms with Crippen molar-refractivity contribution in [2.45, 2.75) is 25.6 Å². The number of anilines is 2. The van der Waals surface area contributed by atoms with E-state index in [1.165, 1.54) is 16.8 Å². The van der Waals surface area contributed by atoms with E-state index >= 15 is 0 Å². The summed E-state index contributed by atoms with van der Waals surface area (Å²) in [6.45, 7) is 1.74. The summed E-state index contributed by atoms with van der Waals surface area (Å²) in [5, 5.41) is 10.0. The van der Waals surface area contributed by atoms with Gasteiger partial charge in [-0.3, -0.25) is 9.59 Å². The third-order valence-electron chi connectivity index (χ3n) is 4.99. The zero-order valence-corrected chi connectivity index (χ0v) is 16.9. The summed E-state index contributed by atoms with van der Waals surface area (Å²) in [6.07, 6.45) is -4.89. The molecule has 2 aromatic carbocycles. The van der Waals surface area contributed by atoms with E-state index in [0.717, 1.165) is 17.7 Å². The first-order valence-electron chi connectivity index (χ1n) is 9.27. The van der Waals surface area contributed by atoms with Gasteiger partial charge >= 0.3 is 6.18 Å². The number of alkyl halides is 3. The fourth-order valence-corrected chi connectivity index (χ4v) is 3.61. The van der Waals surface area contributed by atoms with Crippen LogP contribution < -0.4 is 10.6 Å². The standard InChI is InChI=1S/C21H16ClF3N4O2/c1-11-18(12-6-8-13(22)9-7-12)28-29-16(10-17(30)27-19(11)29)20(31)26-15-5-3-2-4-14(15)21(23,24)25/h2-9,16H,10H2,1H3,(H,26,31)(H,27,30)/t16-/m0/s1. The van der Waals surface area contributed by atoms with Gasteiger partial charge in [0.1, 0.15) is 11.9 Å². The molecule has 0 saturated heterocycles. The molecule has 0 unspecified atom stereocenters. The summed E-state index contributed by atoms with van der Waals surface area (Å²) >= 11 is 5.93. The van der Waals surface area contributed by atoms with Crippen LogP contribution in [-0.4, -0.2) is 21.6 Å². The van der Waals surface area contributed by atoms with Crippen molar-refractivity contribution in [1.82, 2.24) is 9.78 Å². The van der Waals surface area contributed by atoms with E-state index in [1.807, 2.05) is 0 Å². The maximum atomic E-state index is 13.3. The van der Waals surface area contributed by atoms with Crippen LogP contribution in [0.3, 0.4) is 0 Å². The summed E-state index contributed by atoms with van der Waals surface area (Å²) < 4.78 is 41.2. The number of carbonyl (C=O) groups excluding carboxylic acids is 2. The van der Waals surface area contributed by atoms with Crippen LogP contribution in [0.15, 0.2) is 48.5 Å². The Balaban J connectivity index is 1.70. The molecule has 31 heavy (non-hydrogen) atoms. The first-order valence-corrected chi connectivity index (χ1v) is 9.65. The third kappa shape index (κ3) is 4.00. The van der Waals surface area contributed by atoms with Gasteiger partial charge in [0.2, 0.25) is 11.8 Å². The summed E-state index contributed by atoms with van der Waals surface area (Å²) in [7, 11) is 0. The van der Waals surface area contributed by atoms with E-state index in [1.54, 1.807) is 31.2 Å². The zero-order chi connectivity index (χ0) is 22.3. The minimum atomic E-state index is -4.64. The van der Waals surface area contributed by atoms with E-state index < -0.39 is 29.6 Å². The quantitative estimate of drug-likeness (QED) is 0.588. The molecular formula is C21H16ClF3N4O2. The van der Waals surface area contributed by atoms with Gasteiger partial charge in [-0.25, -0.2) is 4.68 Å². The fourth-order valence-electron chi connectivity index (χ4n) is 3.48. The maximum Gasteiger partial charge on any atom is 0.418 e. The molecular weight excluding hydrogens is 433 g/mol. The van der Waals surface area contributed by atoms with E-state index in [4.69, 9.17) is 11.6 Å². The Bertz CT molecular complexity index is 1170. The molecule has 1 aromatic heterocycles. The van der Waals surface area contributed by atoms with E-state index in [-0.39, 0.29) is 12.1 Å². The van der Waals surface area contributed by atoms with Crippen molar-refractivity contribution in [2.75, 3.05) is 10.6 Å². The highest BCUT2D eigenvalue weighted by Crippen LogP contribution is 2.37. The van der Waals surface area contributed by atoms with E-state index in [2.05, 4.69) is 15.7 Å². The average molecular weight is 449 g/mol. The number of para-hydroxylation sites is 1. The Labute approximate surface area is 180 Å². The van der Waals surface area contributed by atoms with Crippen molar-refractivity contribution in [2.24, 2.45) is 0 Å². The number of benzene rings is 2. The third-order valence-corrected chi connectivity index (χ3v) is 5.24. The second-order valence-corrected chi connectivity index (χ2v) is 7.51. The van der Waals surface area contributed by atoms with Gasteiger partial charge in [0.15, 0.2) is 0 Å². The molecule has 0 saturated carbocycles. The number of halogens is 4. The van der Waals surface area contributed by atoms with Crippen molar-refractivity contribution < 1.29 is 22.8 Å². The second-order valence-electron chi connectivity index (χ2n) is 7.07. The van der Waals surface area contributed by atoms with Gasteiger partial charge in [-0.2, -0.15) is 18.3 Å². The Morgan fingerprint density at radius 3 is 2.55 bits per heavy atom. The minimum absolute atomic E-state index is 0.256. The van der Waals surface area contributed by atoms with Gasteiger partial charge in [0, 0.05) is 16.1 Å². The van der Waals surface area contributed by atoms with Crippen LogP contribution >= 0.6 is 11.6 Å². The molecule has 4 rings (SSSR count). The lowest BCUT2D eigenvalue weighted by atomic mass is 10.1. The normalized spacial score (nSPS) is 15.9. The van der Waals surface area contributed by atoms with Crippen LogP contribution in [0, 0.1) is 6.92 Å². The molecule has 0 spiro atoms. The second kappa shape index (κ2) is 7.73. The highest BCUT2D eigenvalue weighted by Gasteiger charge is 2.37. The number of carbonyl (C=O) groups is 2. The van der Waals surface area contributed by atoms with Crippen molar-refractivity contribution >= 4 is 34.9 Å². The minimum Gasteiger partial charge on any atom is -0.324 e. The SMILES string of the molecule is Cc1c(-c2ccc(Cl)cc2)nn2c1NC(=O)C[C@H]2C(=O)Nc1ccccc1C(F)(F)F. The molecule has 10 heteroatoms. The number of hydrogen-bond donors (Lipinski definition) is 2. The van der Waals surface area contributed by atoms with Crippen molar-refractivity contribution in [1.29, 1.82) is 0 Å². The van der Waals surface area contributed by atoms with Gasteiger partial charge in [-0.05, 0) is 31.2 Å². The topological polar surface area (TPSA) is 76.0 Å². The van der Waals surface area contributed by atoms with Crippen molar-refractivity contribution in [3.05, 3.63) is 64.7 Å². The predicted molar refractivity (Wildman–Crippen MR) is 110 cm³/mol. The smallest absolute Gasteiger partial charge is 0.324 e. The molecule has 2 amide bonds.